The Morgan fingerprint density at radius 1 is 1.43 bits per heavy atom. The Labute approximate surface area is 91.7 Å². The molecule has 0 amide bonds. The molecular formula is C11H11BrO2. The summed E-state index contributed by atoms with van der Waals surface area (Å²) in [7, 11) is 1.38. The zero-order valence-corrected chi connectivity index (χ0v) is 9.45. The van der Waals surface area contributed by atoms with Gasteiger partial charge in [-0.2, -0.15) is 0 Å². The molecule has 1 aromatic carbocycles. The summed E-state index contributed by atoms with van der Waals surface area (Å²) in [4.78, 5) is 11.4. The van der Waals surface area contributed by atoms with Crippen LogP contribution in [-0.2, 0) is 9.53 Å². The molecule has 1 rings (SSSR count). The highest BCUT2D eigenvalue weighted by atomic mass is 79.9. The van der Waals surface area contributed by atoms with Gasteiger partial charge in [-0.1, -0.05) is 52.3 Å². The number of allylic oxidation sites excluding steroid dienone is 1. The van der Waals surface area contributed by atoms with Crippen LogP contribution >= 0.6 is 15.9 Å². The van der Waals surface area contributed by atoms with E-state index in [1.807, 2.05) is 30.3 Å². The third-order valence-corrected chi connectivity index (χ3v) is 2.10. The van der Waals surface area contributed by atoms with Crippen molar-refractivity contribution in [1.82, 2.24) is 0 Å². The number of carbonyl (C=O) groups is 1. The summed E-state index contributed by atoms with van der Waals surface area (Å²) in [6.45, 7) is 0. The summed E-state index contributed by atoms with van der Waals surface area (Å²) in [5.74, 6) is -0.310. The second-order valence-electron chi connectivity index (χ2n) is 2.63. The van der Waals surface area contributed by atoms with Gasteiger partial charge in [0.2, 0.25) is 0 Å². The van der Waals surface area contributed by atoms with Crippen LogP contribution in [0.15, 0.2) is 36.4 Å². The van der Waals surface area contributed by atoms with Gasteiger partial charge in [0.05, 0.1) is 12.7 Å². The molecule has 0 spiro atoms. The summed E-state index contributed by atoms with van der Waals surface area (Å²) >= 11 is 3.26. The SMILES string of the molecule is COC(=O)/C(=C/CBr)c1ccccc1. The molecule has 0 N–H and O–H groups in total. The van der Waals surface area contributed by atoms with Gasteiger partial charge in [-0.25, -0.2) is 4.79 Å². The van der Waals surface area contributed by atoms with E-state index in [2.05, 4.69) is 15.9 Å². The second kappa shape index (κ2) is 5.60. The zero-order chi connectivity index (χ0) is 10.4. The number of rotatable bonds is 3. The predicted octanol–water partition coefficient (Wildman–Crippen LogP) is 2.64. The van der Waals surface area contributed by atoms with Gasteiger partial charge in [-0.05, 0) is 5.56 Å². The molecule has 14 heavy (non-hydrogen) atoms. The van der Waals surface area contributed by atoms with Crippen LogP contribution in [0.3, 0.4) is 0 Å². The maximum absolute atomic E-state index is 11.4. The lowest BCUT2D eigenvalue weighted by molar-refractivity contribution is -0.133. The van der Waals surface area contributed by atoms with Crippen LogP contribution in [0.2, 0.25) is 0 Å². The highest BCUT2D eigenvalue weighted by Gasteiger charge is 2.10. The minimum absolute atomic E-state index is 0.310. The third kappa shape index (κ3) is 2.70. The fourth-order valence-electron chi connectivity index (χ4n) is 1.12. The molecule has 0 atom stereocenters. The fourth-order valence-corrected chi connectivity index (χ4v) is 1.45. The quantitative estimate of drug-likeness (QED) is 0.471. The Hall–Kier alpha value is -1.09. The first-order valence-electron chi connectivity index (χ1n) is 4.19. The largest absolute Gasteiger partial charge is 0.465 e. The second-order valence-corrected chi connectivity index (χ2v) is 3.28. The highest BCUT2D eigenvalue weighted by Crippen LogP contribution is 2.15. The van der Waals surface area contributed by atoms with E-state index in [4.69, 9.17) is 4.74 Å². The minimum Gasteiger partial charge on any atom is -0.465 e. The lowest BCUT2D eigenvalue weighted by Crippen LogP contribution is -2.04. The van der Waals surface area contributed by atoms with Crippen molar-refractivity contribution in [2.75, 3.05) is 12.4 Å². The van der Waals surface area contributed by atoms with E-state index < -0.39 is 0 Å². The highest BCUT2D eigenvalue weighted by molar-refractivity contribution is 9.09. The first-order chi connectivity index (χ1) is 6.79. The Morgan fingerprint density at radius 3 is 2.57 bits per heavy atom. The molecule has 0 bridgehead atoms. The molecule has 0 aromatic heterocycles. The Kier molecular flexibility index (Phi) is 4.40. The fraction of sp³-hybridized carbons (Fsp3) is 0.182. The van der Waals surface area contributed by atoms with Crippen molar-refractivity contribution in [1.29, 1.82) is 0 Å². The number of methoxy groups -OCH3 is 1. The topological polar surface area (TPSA) is 26.3 Å². The zero-order valence-electron chi connectivity index (χ0n) is 7.87. The van der Waals surface area contributed by atoms with Gasteiger partial charge in [-0.15, -0.1) is 0 Å². The molecule has 3 heteroatoms. The number of benzene rings is 1. The third-order valence-electron chi connectivity index (χ3n) is 1.77. The van der Waals surface area contributed by atoms with Crippen LogP contribution in [0.5, 0.6) is 0 Å². The standard InChI is InChI=1S/C11H11BrO2/c1-14-11(13)10(7-8-12)9-5-3-2-4-6-9/h2-7H,8H2,1H3/b10-7+. The lowest BCUT2D eigenvalue weighted by atomic mass is 10.1. The molecule has 0 heterocycles. The Morgan fingerprint density at radius 2 is 2.07 bits per heavy atom. The van der Waals surface area contributed by atoms with E-state index in [0.717, 1.165) is 5.56 Å². The number of ether oxygens (including phenoxy) is 1. The number of hydrogen-bond acceptors (Lipinski definition) is 2. The average Bonchev–Trinajstić information content (AvgIpc) is 2.26. The van der Waals surface area contributed by atoms with Crippen molar-refractivity contribution in [2.24, 2.45) is 0 Å². The number of hydrogen-bond donors (Lipinski definition) is 0. The van der Waals surface area contributed by atoms with E-state index in [0.29, 0.717) is 10.9 Å². The average molecular weight is 255 g/mol. The van der Waals surface area contributed by atoms with Crippen LogP contribution in [0.1, 0.15) is 5.56 Å². The van der Waals surface area contributed by atoms with Crippen molar-refractivity contribution in [3.63, 3.8) is 0 Å². The van der Waals surface area contributed by atoms with Crippen LogP contribution in [0.25, 0.3) is 5.57 Å². The molecule has 0 unspecified atom stereocenters. The summed E-state index contributed by atoms with van der Waals surface area (Å²) in [6, 6.07) is 9.45. The van der Waals surface area contributed by atoms with Gasteiger partial charge in [0, 0.05) is 5.33 Å². The van der Waals surface area contributed by atoms with Crippen molar-refractivity contribution in [3.8, 4) is 0 Å². The maximum atomic E-state index is 11.4. The smallest absolute Gasteiger partial charge is 0.338 e. The molecule has 0 aliphatic rings. The lowest BCUT2D eigenvalue weighted by Gasteiger charge is -2.04. The van der Waals surface area contributed by atoms with Crippen molar-refractivity contribution in [3.05, 3.63) is 42.0 Å². The Balaban J connectivity index is 3.02. The number of alkyl halides is 1. The van der Waals surface area contributed by atoms with Crippen LogP contribution in [0, 0.1) is 0 Å². The molecule has 0 radical (unpaired) electrons. The predicted molar refractivity (Wildman–Crippen MR) is 60.2 cm³/mol. The first kappa shape index (κ1) is 11.0. The van der Waals surface area contributed by atoms with Gasteiger partial charge in [0.15, 0.2) is 0 Å². The molecule has 0 saturated heterocycles. The van der Waals surface area contributed by atoms with Crippen molar-refractivity contribution >= 4 is 27.5 Å². The molecule has 0 aliphatic carbocycles. The first-order valence-corrected chi connectivity index (χ1v) is 5.31. The van der Waals surface area contributed by atoms with Gasteiger partial charge in [0.1, 0.15) is 0 Å². The van der Waals surface area contributed by atoms with Gasteiger partial charge in [-0.3, -0.25) is 0 Å². The van der Waals surface area contributed by atoms with Crippen LogP contribution in [0.4, 0.5) is 0 Å². The van der Waals surface area contributed by atoms with E-state index in [1.54, 1.807) is 6.08 Å². The van der Waals surface area contributed by atoms with E-state index in [9.17, 15) is 4.79 Å². The van der Waals surface area contributed by atoms with E-state index in [-0.39, 0.29) is 5.97 Å². The van der Waals surface area contributed by atoms with Gasteiger partial charge in [0.25, 0.3) is 0 Å². The molecule has 0 aliphatic heterocycles. The monoisotopic (exact) mass is 254 g/mol. The normalized spacial score (nSPS) is 11.1. The molecule has 0 fully saturated rings. The summed E-state index contributed by atoms with van der Waals surface area (Å²) < 4.78 is 4.69. The number of esters is 1. The molecule has 0 saturated carbocycles. The van der Waals surface area contributed by atoms with Crippen LogP contribution < -0.4 is 0 Å². The van der Waals surface area contributed by atoms with Crippen LogP contribution in [-0.4, -0.2) is 18.4 Å². The maximum Gasteiger partial charge on any atom is 0.338 e. The minimum atomic E-state index is -0.310. The van der Waals surface area contributed by atoms with Crippen molar-refractivity contribution < 1.29 is 9.53 Å². The Bertz CT molecular complexity index is 330. The van der Waals surface area contributed by atoms with E-state index >= 15 is 0 Å². The molecular weight excluding hydrogens is 244 g/mol. The van der Waals surface area contributed by atoms with Gasteiger partial charge >= 0.3 is 5.97 Å². The van der Waals surface area contributed by atoms with E-state index in [1.165, 1.54) is 7.11 Å². The number of carbonyl (C=O) groups excluding carboxylic acids is 1. The molecule has 2 nitrogen and oxygen atoms in total. The van der Waals surface area contributed by atoms with Crippen molar-refractivity contribution in [2.45, 2.75) is 0 Å². The summed E-state index contributed by atoms with van der Waals surface area (Å²) in [5.41, 5.74) is 1.46. The van der Waals surface area contributed by atoms with Gasteiger partial charge < -0.3 is 4.74 Å². The molecule has 74 valence electrons. The summed E-state index contributed by atoms with van der Waals surface area (Å²) in [5, 5.41) is 0.631. The summed E-state index contributed by atoms with van der Waals surface area (Å²) in [6.07, 6.45) is 1.79. The number of halogens is 1. The molecule has 1 aromatic rings.